The Hall–Kier alpha value is -2.64. The number of thiazole rings is 1. The number of hydrogen-bond acceptors (Lipinski definition) is 5. The van der Waals surface area contributed by atoms with Crippen LogP contribution in [0.5, 0.6) is 5.75 Å². The van der Waals surface area contributed by atoms with Crippen LogP contribution in [0.4, 0.5) is 0 Å². The van der Waals surface area contributed by atoms with Gasteiger partial charge in [-0.05, 0) is 49.7 Å². The van der Waals surface area contributed by atoms with Crippen LogP contribution in [0.25, 0.3) is 0 Å². The number of pyridine rings is 1. The fourth-order valence-corrected chi connectivity index (χ4v) is 3.52. The largest absolute Gasteiger partial charge is 0.486 e. The van der Waals surface area contributed by atoms with Crippen molar-refractivity contribution in [2.24, 2.45) is 0 Å². The van der Waals surface area contributed by atoms with Crippen molar-refractivity contribution in [3.05, 3.63) is 78.6 Å². The molecular weight excluding hydrogens is 398 g/mol. The Bertz CT molecular complexity index is 1030. The second-order valence-corrected chi connectivity index (χ2v) is 7.75. The SMILES string of the molecule is Cc1cc(C)c(CNC(=O)Cc2csc(COc3ccc(Cl)cc3)n2)c(=O)[nH]1. The van der Waals surface area contributed by atoms with Gasteiger partial charge in [-0.15, -0.1) is 11.3 Å². The maximum Gasteiger partial charge on any atom is 0.253 e. The Labute approximate surface area is 171 Å². The zero-order valence-corrected chi connectivity index (χ0v) is 17.1. The van der Waals surface area contributed by atoms with E-state index in [0.717, 1.165) is 16.3 Å². The number of ether oxygens (including phenoxy) is 1. The van der Waals surface area contributed by atoms with Gasteiger partial charge in [-0.1, -0.05) is 11.6 Å². The van der Waals surface area contributed by atoms with E-state index in [9.17, 15) is 9.59 Å². The van der Waals surface area contributed by atoms with Gasteiger partial charge in [0.15, 0.2) is 0 Å². The van der Waals surface area contributed by atoms with E-state index in [1.165, 1.54) is 11.3 Å². The molecule has 2 aromatic heterocycles. The lowest BCUT2D eigenvalue weighted by atomic mass is 10.1. The number of carbonyl (C=O) groups excluding carboxylic acids is 1. The van der Waals surface area contributed by atoms with Gasteiger partial charge in [0.25, 0.3) is 5.56 Å². The van der Waals surface area contributed by atoms with Crippen LogP contribution in [0.3, 0.4) is 0 Å². The molecule has 0 spiro atoms. The summed E-state index contributed by atoms with van der Waals surface area (Å²) < 4.78 is 5.66. The minimum atomic E-state index is -0.185. The van der Waals surface area contributed by atoms with E-state index in [1.807, 2.05) is 25.3 Å². The average molecular weight is 418 g/mol. The van der Waals surface area contributed by atoms with Crippen molar-refractivity contribution < 1.29 is 9.53 Å². The van der Waals surface area contributed by atoms with E-state index in [4.69, 9.17) is 16.3 Å². The van der Waals surface area contributed by atoms with Crippen LogP contribution in [0, 0.1) is 13.8 Å². The van der Waals surface area contributed by atoms with Crippen molar-refractivity contribution in [1.29, 1.82) is 0 Å². The van der Waals surface area contributed by atoms with Gasteiger partial charge in [-0.2, -0.15) is 0 Å². The van der Waals surface area contributed by atoms with Crippen LogP contribution >= 0.6 is 22.9 Å². The summed E-state index contributed by atoms with van der Waals surface area (Å²) in [5.74, 6) is 0.521. The number of halogens is 1. The number of carbonyl (C=O) groups is 1. The summed E-state index contributed by atoms with van der Waals surface area (Å²) in [6, 6.07) is 8.99. The summed E-state index contributed by atoms with van der Waals surface area (Å²) in [4.78, 5) is 31.4. The second kappa shape index (κ2) is 9.03. The van der Waals surface area contributed by atoms with Crippen LogP contribution in [0.1, 0.15) is 27.5 Å². The molecule has 0 saturated carbocycles. The molecule has 1 amide bonds. The van der Waals surface area contributed by atoms with E-state index in [-0.39, 0.29) is 24.4 Å². The molecule has 0 unspecified atom stereocenters. The van der Waals surface area contributed by atoms with Gasteiger partial charge in [0.1, 0.15) is 17.4 Å². The van der Waals surface area contributed by atoms with Gasteiger partial charge in [0.05, 0.1) is 12.1 Å². The number of benzene rings is 1. The molecule has 0 radical (unpaired) electrons. The van der Waals surface area contributed by atoms with Crippen LogP contribution in [-0.4, -0.2) is 15.9 Å². The lowest BCUT2D eigenvalue weighted by molar-refractivity contribution is -0.120. The Morgan fingerprint density at radius 2 is 2.04 bits per heavy atom. The second-order valence-electron chi connectivity index (χ2n) is 6.37. The van der Waals surface area contributed by atoms with Crippen LogP contribution in [0.15, 0.2) is 40.5 Å². The number of amides is 1. The molecular formula is C20H20ClN3O3S. The summed E-state index contributed by atoms with van der Waals surface area (Å²) in [6.45, 7) is 4.20. The summed E-state index contributed by atoms with van der Waals surface area (Å²) in [7, 11) is 0. The van der Waals surface area contributed by atoms with Crippen LogP contribution < -0.4 is 15.6 Å². The molecule has 0 fully saturated rings. The molecule has 2 N–H and O–H groups in total. The highest BCUT2D eigenvalue weighted by Gasteiger charge is 2.11. The fourth-order valence-electron chi connectivity index (χ4n) is 2.69. The average Bonchev–Trinajstić information content (AvgIpc) is 3.07. The van der Waals surface area contributed by atoms with Crippen molar-refractivity contribution in [2.75, 3.05) is 0 Å². The van der Waals surface area contributed by atoms with E-state index in [0.29, 0.717) is 28.6 Å². The molecule has 0 saturated heterocycles. The lowest BCUT2D eigenvalue weighted by Crippen LogP contribution is -2.29. The molecule has 1 aromatic carbocycles. The van der Waals surface area contributed by atoms with Gasteiger partial charge in [0, 0.05) is 28.2 Å². The van der Waals surface area contributed by atoms with Crippen molar-refractivity contribution in [2.45, 2.75) is 33.4 Å². The predicted molar refractivity (Wildman–Crippen MR) is 110 cm³/mol. The smallest absolute Gasteiger partial charge is 0.253 e. The molecule has 146 valence electrons. The number of aromatic amines is 1. The normalized spacial score (nSPS) is 10.7. The molecule has 6 nitrogen and oxygen atoms in total. The molecule has 0 aliphatic carbocycles. The van der Waals surface area contributed by atoms with Crippen molar-refractivity contribution in [3.63, 3.8) is 0 Å². The van der Waals surface area contributed by atoms with Crippen LogP contribution in [-0.2, 0) is 24.4 Å². The highest BCUT2D eigenvalue weighted by Crippen LogP contribution is 2.18. The van der Waals surface area contributed by atoms with Gasteiger partial charge in [-0.3, -0.25) is 9.59 Å². The van der Waals surface area contributed by atoms with Crippen molar-refractivity contribution in [3.8, 4) is 5.75 Å². The summed E-state index contributed by atoms with van der Waals surface area (Å²) in [5, 5.41) is 6.05. The van der Waals surface area contributed by atoms with Gasteiger partial charge in [0.2, 0.25) is 5.91 Å². The highest BCUT2D eigenvalue weighted by atomic mass is 35.5. The number of nitrogens with zero attached hydrogens (tertiary/aromatic N) is 1. The Morgan fingerprint density at radius 3 is 2.75 bits per heavy atom. The highest BCUT2D eigenvalue weighted by molar-refractivity contribution is 7.09. The third-order valence-corrected chi connectivity index (χ3v) is 5.20. The number of nitrogens with one attached hydrogen (secondary N) is 2. The third-order valence-electron chi connectivity index (χ3n) is 4.07. The maximum atomic E-state index is 12.2. The quantitative estimate of drug-likeness (QED) is 0.615. The topological polar surface area (TPSA) is 84.1 Å². The summed E-state index contributed by atoms with van der Waals surface area (Å²) in [5.41, 5.74) is 2.72. The van der Waals surface area contributed by atoms with E-state index in [2.05, 4.69) is 15.3 Å². The minimum absolute atomic E-state index is 0.153. The number of rotatable bonds is 7. The van der Waals surface area contributed by atoms with E-state index >= 15 is 0 Å². The van der Waals surface area contributed by atoms with Gasteiger partial charge < -0.3 is 15.0 Å². The summed E-state index contributed by atoms with van der Waals surface area (Å²) >= 11 is 7.28. The zero-order chi connectivity index (χ0) is 20.1. The maximum absolute atomic E-state index is 12.2. The predicted octanol–water partition coefficient (Wildman–Crippen LogP) is 3.54. The molecule has 0 bridgehead atoms. The monoisotopic (exact) mass is 417 g/mol. The Morgan fingerprint density at radius 1 is 1.29 bits per heavy atom. The zero-order valence-electron chi connectivity index (χ0n) is 15.5. The number of aromatic nitrogens is 2. The molecule has 0 aliphatic heterocycles. The van der Waals surface area contributed by atoms with E-state index < -0.39 is 0 Å². The first kappa shape index (κ1) is 20.1. The number of aryl methyl sites for hydroxylation is 2. The first-order valence-electron chi connectivity index (χ1n) is 8.68. The molecule has 0 atom stereocenters. The van der Waals surface area contributed by atoms with Crippen LogP contribution in [0.2, 0.25) is 5.02 Å². The van der Waals surface area contributed by atoms with Crippen molar-refractivity contribution in [1.82, 2.24) is 15.3 Å². The first-order valence-corrected chi connectivity index (χ1v) is 9.94. The molecule has 0 aliphatic rings. The van der Waals surface area contributed by atoms with Gasteiger partial charge >= 0.3 is 0 Å². The van der Waals surface area contributed by atoms with Crippen molar-refractivity contribution >= 4 is 28.8 Å². The standard InChI is InChI=1S/C20H20ClN3O3S/c1-12-7-13(2)23-20(26)17(12)9-22-18(25)8-15-11-28-19(24-15)10-27-16-5-3-14(21)4-6-16/h3-7,11H,8-10H2,1-2H3,(H,22,25)(H,23,26). The Balaban J connectivity index is 1.51. The molecule has 8 heteroatoms. The molecule has 3 aromatic rings. The molecule has 2 heterocycles. The number of hydrogen-bond donors (Lipinski definition) is 2. The molecule has 3 rings (SSSR count). The first-order chi connectivity index (χ1) is 13.4. The van der Waals surface area contributed by atoms with Gasteiger partial charge in [-0.25, -0.2) is 4.98 Å². The minimum Gasteiger partial charge on any atom is -0.486 e. The molecule has 28 heavy (non-hydrogen) atoms. The van der Waals surface area contributed by atoms with E-state index in [1.54, 1.807) is 24.3 Å². The fraction of sp³-hybridized carbons (Fsp3) is 0.250. The Kier molecular flexibility index (Phi) is 6.49. The summed E-state index contributed by atoms with van der Waals surface area (Å²) in [6.07, 6.45) is 0.153. The number of H-pyrrole nitrogens is 1. The third kappa shape index (κ3) is 5.43. The lowest BCUT2D eigenvalue weighted by Gasteiger charge is -2.07.